The number of benzene rings is 2. The molecule has 0 saturated heterocycles. The third-order valence-electron chi connectivity index (χ3n) is 3.43. The molecule has 0 unspecified atom stereocenters. The molecular formula is C17H14N2S2. The van der Waals surface area contributed by atoms with Crippen LogP contribution >= 0.6 is 23.1 Å². The Balaban J connectivity index is 1.68. The average molecular weight is 310 g/mol. The van der Waals surface area contributed by atoms with Crippen molar-refractivity contribution in [3.8, 4) is 0 Å². The minimum absolute atomic E-state index is 1.05. The van der Waals surface area contributed by atoms with Gasteiger partial charge in [0.1, 0.15) is 5.01 Å². The van der Waals surface area contributed by atoms with Crippen molar-refractivity contribution >= 4 is 45.1 Å². The lowest BCUT2D eigenvalue weighted by Crippen LogP contribution is -1.88. The van der Waals surface area contributed by atoms with Gasteiger partial charge in [-0.15, -0.1) is 11.3 Å². The maximum atomic E-state index is 4.71. The van der Waals surface area contributed by atoms with Crippen molar-refractivity contribution in [1.82, 2.24) is 4.98 Å². The van der Waals surface area contributed by atoms with Gasteiger partial charge in [-0.3, -0.25) is 0 Å². The molecule has 2 aromatic carbocycles. The van der Waals surface area contributed by atoms with Crippen LogP contribution in [0.25, 0.3) is 16.3 Å². The Morgan fingerprint density at radius 3 is 2.76 bits per heavy atom. The van der Waals surface area contributed by atoms with Crippen LogP contribution in [0.2, 0.25) is 0 Å². The Morgan fingerprint density at radius 1 is 1.05 bits per heavy atom. The van der Waals surface area contributed by atoms with E-state index in [4.69, 9.17) is 4.98 Å². The molecular weight excluding hydrogens is 296 g/mol. The number of thiazole rings is 1. The molecule has 3 aromatic rings. The lowest BCUT2D eigenvalue weighted by atomic mass is 10.2. The number of nitrogens with one attached hydrogen (secondary N) is 1. The summed E-state index contributed by atoms with van der Waals surface area (Å²) in [5.74, 6) is 0. The van der Waals surface area contributed by atoms with Crippen LogP contribution in [0.3, 0.4) is 0 Å². The molecule has 1 aliphatic rings. The average Bonchev–Trinajstić information content (AvgIpc) is 3.00. The predicted molar refractivity (Wildman–Crippen MR) is 93.0 cm³/mol. The predicted octanol–water partition coefficient (Wildman–Crippen LogP) is 5.43. The van der Waals surface area contributed by atoms with Crippen molar-refractivity contribution in [2.45, 2.75) is 18.7 Å². The minimum atomic E-state index is 1.05. The Bertz CT molecular complexity index is 878. The highest BCUT2D eigenvalue weighted by Gasteiger charge is 2.16. The number of aryl methyl sites for hydroxylation is 2. The van der Waals surface area contributed by atoms with E-state index in [9.17, 15) is 0 Å². The summed E-state index contributed by atoms with van der Waals surface area (Å²) in [6, 6.07) is 12.9. The molecule has 0 atom stereocenters. The molecule has 104 valence electrons. The van der Waals surface area contributed by atoms with Crippen molar-refractivity contribution in [3.05, 3.63) is 57.6 Å². The molecule has 0 aliphatic carbocycles. The molecule has 4 rings (SSSR count). The monoisotopic (exact) mass is 310 g/mol. The van der Waals surface area contributed by atoms with Gasteiger partial charge in [-0.05, 0) is 49.2 Å². The summed E-state index contributed by atoms with van der Waals surface area (Å²) < 4.78 is 1.24. The van der Waals surface area contributed by atoms with Gasteiger partial charge in [-0.25, -0.2) is 4.98 Å². The molecule has 2 nitrogen and oxygen atoms in total. The number of anilines is 1. The molecule has 1 N–H and O–H groups in total. The second-order valence-electron chi connectivity index (χ2n) is 5.26. The number of aromatic nitrogens is 1. The Kier molecular flexibility index (Phi) is 3.01. The van der Waals surface area contributed by atoms with Gasteiger partial charge >= 0.3 is 0 Å². The van der Waals surface area contributed by atoms with Gasteiger partial charge in [0.25, 0.3) is 0 Å². The number of rotatable bonds is 1. The van der Waals surface area contributed by atoms with E-state index in [0.29, 0.717) is 0 Å². The SMILES string of the molecule is Cc1ccc2c(c1)N/C(=C/c1nc3cc(C)ccc3s1)S2. The van der Waals surface area contributed by atoms with E-state index < -0.39 is 0 Å². The largest absolute Gasteiger partial charge is 0.349 e. The molecule has 21 heavy (non-hydrogen) atoms. The van der Waals surface area contributed by atoms with Gasteiger partial charge in [0.05, 0.1) is 20.9 Å². The van der Waals surface area contributed by atoms with Crippen LogP contribution in [0.15, 0.2) is 46.3 Å². The number of fused-ring (bicyclic) bond motifs is 2. The van der Waals surface area contributed by atoms with Gasteiger partial charge in [0, 0.05) is 11.0 Å². The standard InChI is InChI=1S/C17H14N2S2/c1-10-3-5-14-12(7-10)18-16(20-14)9-17-19-13-8-11(2)4-6-15(13)21-17/h3-9,18H,1-2H3/b16-9-. The van der Waals surface area contributed by atoms with Crippen LogP contribution in [-0.4, -0.2) is 4.98 Å². The fourth-order valence-corrected chi connectivity index (χ4v) is 4.29. The minimum Gasteiger partial charge on any atom is -0.349 e. The van der Waals surface area contributed by atoms with E-state index in [1.54, 1.807) is 23.1 Å². The Morgan fingerprint density at radius 2 is 1.86 bits per heavy atom. The maximum Gasteiger partial charge on any atom is 0.119 e. The summed E-state index contributed by atoms with van der Waals surface area (Å²) in [6.45, 7) is 4.22. The Hall–Kier alpha value is -1.78. The van der Waals surface area contributed by atoms with Gasteiger partial charge in [0.15, 0.2) is 0 Å². The Labute approximate surface area is 131 Å². The van der Waals surface area contributed by atoms with E-state index in [2.05, 4.69) is 61.6 Å². The van der Waals surface area contributed by atoms with Crippen LogP contribution in [0.5, 0.6) is 0 Å². The molecule has 0 bridgehead atoms. The van der Waals surface area contributed by atoms with Gasteiger partial charge in [-0.2, -0.15) is 0 Å². The molecule has 0 radical (unpaired) electrons. The van der Waals surface area contributed by atoms with Crippen molar-refractivity contribution in [2.24, 2.45) is 0 Å². The summed E-state index contributed by atoms with van der Waals surface area (Å²) in [5.41, 5.74) is 4.81. The third-order valence-corrected chi connectivity index (χ3v) is 5.43. The molecule has 4 heteroatoms. The van der Waals surface area contributed by atoms with Crippen molar-refractivity contribution in [2.75, 3.05) is 5.32 Å². The molecule has 1 aromatic heterocycles. The second kappa shape index (κ2) is 4.90. The molecule has 0 fully saturated rings. The zero-order valence-electron chi connectivity index (χ0n) is 11.8. The first-order valence-electron chi connectivity index (χ1n) is 6.82. The van der Waals surface area contributed by atoms with Gasteiger partial charge in [-0.1, -0.05) is 23.9 Å². The first-order chi connectivity index (χ1) is 10.2. The number of hydrogen-bond acceptors (Lipinski definition) is 4. The lowest BCUT2D eigenvalue weighted by molar-refractivity contribution is 1.38. The fraction of sp³-hybridized carbons (Fsp3) is 0.118. The molecule has 0 saturated carbocycles. The van der Waals surface area contributed by atoms with Gasteiger partial charge in [0.2, 0.25) is 0 Å². The van der Waals surface area contributed by atoms with Crippen LogP contribution in [0.4, 0.5) is 5.69 Å². The number of nitrogens with zero attached hydrogens (tertiary/aromatic N) is 1. The first-order valence-corrected chi connectivity index (χ1v) is 8.45. The highest BCUT2D eigenvalue weighted by molar-refractivity contribution is 8.03. The molecule has 0 spiro atoms. The second-order valence-corrected chi connectivity index (χ2v) is 7.40. The zero-order valence-corrected chi connectivity index (χ0v) is 13.4. The van der Waals surface area contributed by atoms with Crippen molar-refractivity contribution in [1.29, 1.82) is 0 Å². The van der Waals surface area contributed by atoms with E-state index in [-0.39, 0.29) is 0 Å². The molecule has 2 heterocycles. The zero-order chi connectivity index (χ0) is 14.4. The quantitative estimate of drug-likeness (QED) is 0.649. The van der Waals surface area contributed by atoms with Crippen LogP contribution < -0.4 is 5.32 Å². The van der Waals surface area contributed by atoms with E-state index in [1.165, 1.54) is 26.4 Å². The summed E-state index contributed by atoms with van der Waals surface area (Å²) in [4.78, 5) is 5.99. The van der Waals surface area contributed by atoms with Crippen LogP contribution in [0.1, 0.15) is 16.1 Å². The topological polar surface area (TPSA) is 24.9 Å². The summed E-state index contributed by atoms with van der Waals surface area (Å²) >= 11 is 3.50. The molecule has 1 aliphatic heterocycles. The third kappa shape index (κ3) is 2.45. The summed E-state index contributed by atoms with van der Waals surface area (Å²) in [6.07, 6.45) is 2.14. The maximum absolute atomic E-state index is 4.71. The van der Waals surface area contributed by atoms with E-state index in [0.717, 1.165) is 15.6 Å². The normalized spacial score (nSPS) is 15.4. The van der Waals surface area contributed by atoms with Crippen LogP contribution in [0, 0.1) is 13.8 Å². The van der Waals surface area contributed by atoms with E-state index in [1.807, 2.05) is 0 Å². The van der Waals surface area contributed by atoms with Gasteiger partial charge < -0.3 is 5.32 Å². The molecule has 0 amide bonds. The first kappa shape index (κ1) is 12.9. The highest BCUT2D eigenvalue weighted by atomic mass is 32.2. The summed E-state index contributed by atoms with van der Waals surface area (Å²) in [5, 5.41) is 5.67. The van der Waals surface area contributed by atoms with E-state index >= 15 is 0 Å². The highest BCUT2D eigenvalue weighted by Crippen LogP contribution is 2.42. The number of thioether (sulfide) groups is 1. The van der Waals surface area contributed by atoms with Crippen molar-refractivity contribution < 1.29 is 0 Å². The smallest absolute Gasteiger partial charge is 0.119 e. The fourth-order valence-electron chi connectivity index (χ4n) is 2.40. The lowest BCUT2D eigenvalue weighted by Gasteiger charge is -1.98. The number of hydrogen-bond donors (Lipinski definition) is 1. The summed E-state index contributed by atoms with van der Waals surface area (Å²) in [7, 11) is 0. The van der Waals surface area contributed by atoms with Crippen LogP contribution in [-0.2, 0) is 0 Å². The van der Waals surface area contributed by atoms with Crippen molar-refractivity contribution in [3.63, 3.8) is 0 Å².